The quantitative estimate of drug-likeness (QED) is 0.193. The first-order valence-electron chi connectivity index (χ1n) is 16.7. The van der Waals surface area contributed by atoms with E-state index in [0.29, 0.717) is 0 Å². The highest BCUT2D eigenvalue weighted by atomic mass is 15.1. The largest absolute Gasteiger partial charge is 0.309 e. The van der Waals surface area contributed by atoms with Gasteiger partial charge in [-0.2, -0.15) is 0 Å². The average Bonchev–Trinajstić information content (AvgIpc) is 3.65. The summed E-state index contributed by atoms with van der Waals surface area (Å²) in [7, 11) is 0. The zero-order valence-corrected chi connectivity index (χ0v) is 27.4. The Labute approximate surface area is 280 Å². The van der Waals surface area contributed by atoms with Crippen molar-refractivity contribution >= 4 is 43.6 Å². The van der Waals surface area contributed by atoms with E-state index in [1.54, 1.807) is 0 Å². The first-order chi connectivity index (χ1) is 23.5. The summed E-state index contributed by atoms with van der Waals surface area (Å²) < 4.78 is 4.80. The van der Waals surface area contributed by atoms with Gasteiger partial charge in [-0.05, 0) is 75.8 Å². The highest BCUT2D eigenvalue weighted by molar-refractivity contribution is 6.10. The van der Waals surface area contributed by atoms with Crippen LogP contribution in [-0.4, -0.2) is 14.1 Å². The summed E-state index contributed by atoms with van der Waals surface area (Å²) in [5.74, 6) is 0.938. The summed E-state index contributed by atoms with van der Waals surface area (Å²) in [5, 5.41) is 4.83. The van der Waals surface area contributed by atoms with Gasteiger partial charge in [-0.15, -0.1) is 0 Å². The molecule has 0 aliphatic heterocycles. The van der Waals surface area contributed by atoms with Gasteiger partial charge in [0.15, 0.2) is 0 Å². The van der Waals surface area contributed by atoms with E-state index in [1.165, 1.54) is 55.0 Å². The molecule has 0 amide bonds. The molecule has 2 heterocycles. The fraction of sp³-hybridized carbons (Fsp3) is 0.0889. The third-order valence-corrected chi connectivity index (χ3v) is 9.62. The maximum Gasteiger partial charge on any atom is 0.145 e. The number of hydrogen-bond acceptors (Lipinski definition) is 1. The van der Waals surface area contributed by atoms with Crippen molar-refractivity contribution in [1.29, 1.82) is 0 Å². The van der Waals surface area contributed by atoms with Crippen molar-refractivity contribution in [1.82, 2.24) is 14.1 Å². The number of fused-ring (bicyclic) bond motifs is 5. The van der Waals surface area contributed by atoms with Crippen LogP contribution in [0.15, 0.2) is 158 Å². The van der Waals surface area contributed by atoms with E-state index >= 15 is 0 Å². The molecule has 0 N–H and O–H groups in total. The molecule has 230 valence electrons. The molecule has 0 aliphatic rings. The minimum Gasteiger partial charge on any atom is -0.309 e. The van der Waals surface area contributed by atoms with Gasteiger partial charge in [-0.1, -0.05) is 130 Å². The summed E-state index contributed by atoms with van der Waals surface area (Å²) in [4.78, 5) is 5.48. The van der Waals surface area contributed by atoms with Crippen LogP contribution in [-0.2, 0) is 5.41 Å². The highest BCUT2D eigenvalue weighted by Gasteiger charge is 2.26. The van der Waals surface area contributed by atoms with Crippen molar-refractivity contribution in [2.45, 2.75) is 26.2 Å². The van der Waals surface area contributed by atoms with E-state index in [9.17, 15) is 0 Å². The molecule has 0 aliphatic carbocycles. The molecule has 2 aromatic heterocycles. The van der Waals surface area contributed by atoms with E-state index in [4.69, 9.17) is 4.98 Å². The van der Waals surface area contributed by atoms with Crippen LogP contribution >= 0.6 is 0 Å². The van der Waals surface area contributed by atoms with Crippen LogP contribution in [0.1, 0.15) is 26.3 Å². The summed E-state index contributed by atoms with van der Waals surface area (Å²) in [6, 6.07) is 56.9. The molecule has 0 unspecified atom stereocenters. The second-order valence-corrected chi connectivity index (χ2v) is 13.7. The molecular formula is C45H35N3. The molecule has 3 nitrogen and oxygen atoms in total. The number of hydrogen-bond donors (Lipinski definition) is 0. The molecular weight excluding hydrogens is 583 g/mol. The van der Waals surface area contributed by atoms with Crippen molar-refractivity contribution in [3.05, 3.63) is 163 Å². The molecule has 0 saturated carbocycles. The molecule has 0 fully saturated rings. The maximum atomic E-state index is 5.48. The molecule has 0 saturated heterocycles. The van der Waals surface area contributed by atoms with Crippen molar-refractivity contribution < 1.29 is 0 Å². The third-order valence-electron chi connectivity index (χ3n) is 9.62. The first-order valence-corrected chi connectivity index (χ1v) is 16.7. The van der Waals surface area contributed by atoms with E-state index in [1.807, 2.05) is 0 Å². The van der Waals surface area contributed by atoms with E-state index in [-0.39, 0.29) is 5.41 Å². The molecule has 0 atom stereocenters. The van der Waals surface area contributed by atoms with Crippen molar-refractivity contribution in [2.24, 2.45) is 0 Å². The lowest BCUT2D eigenvalue weighted by Crippen LogP contribution is -2.16. The summed E-state index contributed by atoms with van der Waals surface area (Å²) >= 11 is 0. The zero-order chi connectivity index (χ0) is 32.4. The summed E-state index contributed by atoms with van der Waals surface area (Å²) in [6.07, 6.45) is 0. The molecule has 48 heavy (non-hydrogen) atoms. The predicted octanol–water partition coefficient (Wildman–Crippen LogP) is 11.9. The predicted molar refractivity (Wildman–Crippen MR) is 202 cm³/mol. The Morgan fingerprint density at radius 3 is 1.92 bits per heavy atom. The normalized spacial score (nSPS) is 12.1. The average molecular weight is 618 g/mol. The van der Waals surface area contributed by atoms with Crippen molar-refractivity contribution in [3.8, 4) is 33.9 Å². The fourth-order valence-electron chi connectivity index (χ4n) is 7.39. The molecule has 0 bridgehead atoms. The molecule has 0 radical (unpaired) electrons. The third kappa shape index (κ3) is 4.46. The van der Waals surface area contributed by atoms with Gasteiger partial charge in [0.1, 0.15) is 5.82 Å². The van der Waals surface area contributed by atoms with Crippen molar-refractivity contribution in [3.63, 3.8) is 0 Å². The van der Waals surface area contributed by atoms with Gasteiger partial charge in [0.2, 0.25) is 0 Å². The van der Waals surface area contributed by atoms with Gasteiger partial charge < -0.3 is 4.57 Å². The van der Waals surface area contributed by atoms with Crippen LogP contribution in [0.3, 0.4) is 0 Å². The van der Waals surface area contributed by atoms with Crippen LogP contribution in [0, 0.1) is 0 Å². The van der Waals surface area contributed by atoms with E-state index in [0.717, 1.165) is 28.1 Å². The first kappa shape index (κ1) is 28.3. The Kier molecular flexibility index (Phi) is 6.38. The van der Waals surface area contributed by atoms with Crippen molar-refractivity contribution in [2.75, 3.05) is 0 Å². The topological polar surface area (TPSA) is 22.8 Å². The van der Waals surface area contributed by atoms with E-state index < -0.39 is 0 Å². The van der Waals surface area contributed by atoms with Gasteiger partial charge in [-0.25, -0.2) is 4.98 Å². The molecule has 7 aromatic carbocycles. The minimum atomic E-state index is -0.113. The SMILES string of the molecule is CC(C)(C)c1cccc(-c2ccccc2)c1-n1c(-c2ccc3c(c2)c2ccccc2n3-c2ccccc2)nc2cc3ccccc3cc21. The number of para-hydroxylation sites is 3. The second kappa shape index (κ2) is 10.8. The van der Waals surface area contributed by atoms with Gasteiger partial charge in [0, 0.05) is 27.6 Å². The van der Waals surface area contributed by atoms with Gasteiger partial charge >= 0.3 is 0 Å². The second-order valence-electron chi connectivity index (χ2n) is 13.7. The van der Waals surface area contributed by atoms with Crippen LogP contribution in [0.4, 0.5) is 0 Å². The lowest BCUT2D eigenvalue weighted by molar-refractivity contribution is 0.587. The van der Waals surface area contributed by atoms with Crippen LogP contribution in [0.25, 0.3) is 77.5 Å². The van der Waals surface area contributed by atoms with E-state index in [2.05, 4.69) is 188 Å². The summed E-state index contributed by atoms with van der Waals surface area (Å²) in [5.41, 5.74) is 11.4. The number of rotatable bonds is 4. The van der Waals surface area contributed by atoms with Crippen LogP contribution in [0.2, 0.25) is 0 Å². The standard InChI is InChI=1S/C45H35N3/c1-45(2,3)38-23-14-22-35(30-15-6-4-7-16-30)43(38)48-42-29-32-18-11-10-17-31(32)28-39(42)46-44(48)33-25-26-41-37(27-33)36-21-12-13-24-40(36)47(41)34-19-8-5-9-20-34/h4-29H,1-3H3. The minimum absolute atomic E-state index is 0.113. The fourth-order valence-corrected chi connectivity index (χ4v) is 7.39. The number of imidazole rings is 1. The highest BCUT2D eigenvalue weighted by Crippen LogP contribution is 2.42. The zero-order valence-electron chi connectivity index (χ0n) is 27.4. The Morgan fingerprint density at radius 2 is 1.15 bits per heavy atom. The van der Waals surface area contributed by atoms with Crippen LogP contribution < -0.4 is 0 Å². The van der Waals surface area contributed by atoms with Gasteiger partial charge in [-0.3, -0.25) is 4.57 Å². The van der Waals surface area contributed by atoms with Gasteiger partial charge in [0.05, 0.1) is 27.8 Å². The number of benzene rings is 7. The van der Waals surface area contributed by atoms with Crippen LogP contribution in [0.5, 0.6) is 0 Å². The summed E-state index contributed by atoms with van der Waals surface area (Å²) in [6.45, 7) is 6.91. The smallest absolute Gasteiger partial charge is 0.145 e. The molecule has 0 spiro atoms. The molecule has 9 aromatic rings. The Bertz CT molecular complexity index is 2630. The lowest BCUT2D eigenvalue weighted by atomic mass is 9.83. The Hall–Kier alpha value is -5.93. The Balaban J connectivity index is 1.40. The number of nitrogens with zero attached hydrogens (tertiary/aromatic N) is 3. The molecule has 3 heteroatoms. The van der Waals surface area contributed by atoms with Gasteiger partial charge in [0.25, 0.3) is 0 Å². The Morgan fingerprint density at radius 1 is 0.479 bits per heavy atom. The maximum absolute atomic E-state index is 5.48. The monoisotopic (exact) mass is 617 g/mol. The molecule has 9 rings (SSSR count). The number of aromatic nitrogens is 3. The lowest BCUT2D eigenvalue weighted by Gasteiger charge is -2.27.